The number of fused-ring (bicyclic) bond motifs is 1. The zero-order valence-electron chi connectivity index (χ0n) is 10.4. The Kier molecular flexibility index (Phi) is 2.90. The molecule has 0 fully saturated rings. The lowest BCUT2D eigenvalue weighted by Gasteiger charge is -2.05. The lowest BCUT2D eigenvalue weighted by Crippen LogP contribution is -2.12. The first kappa shape index (κ1) is 12.3. The largest absolute Gasteiger partial charge is 0.396 e. The molecule has 5 nitrogen and oxygen atoms in total. The zero-order chi connectivity index (χ0) is 14.1. The van der Waals surface area contributed by atoms with Gasteiger partial charge in [-0.2, -0.15) is 5.10 Å². The summed E-state index contributed by atoms with van der Waals surface area (Å²) < 4.78 is 13.1. The summed E-state index contributed by atoms with van der Waals surface area (Å²) in [5.74, 6) is -0.453. The number of nitrogen functional groups attached to an aromatic ring is 1. The Labute approximate surface area is 113 Å². The summed E-state index contributed by atoms with van der Waals surface area (Å²) in [6.45, 7) is 0. The van der Waals surface area contributed by atoms with Crippen molar-refractivity contribution in [2.75, 3.05) is 5.73 Å². The van der Waals surface area contributed by atoms with Crippen LogP contribution in [-0.4, -0.2) is 15.2 Å². The molecule has 3 rings (SSSR count). The van der Waals surface area contributed by atoms with E-state index < -0.39 is 5.82 Å². The third-order valence-corrected chi connectivity index (χ3v) is 3.05. The highest BCUT2D eigenvalue weighted by molar-refractivity contribution is 5.79. The number of halogens is 1. The molecule has 0 aliphatic carbocycles. The number of hydrogen-bond donors (Lipinski definition) is 2. The summed E-state index contributed by atoms with van der Waals surface area (Å²) in [7, 11) is 0. The topological polar surface area (TPSA) is 84.7 Å². The van der Waals surface area contributed by atoms with Gasteiger partial charge in [0.2, 0.25) is 0 Å². The van der Waals surface area contributed by atoms with Gasteiger partial charge >= 0.3 is 0 Å². The van der Waals surface area contributed by atoms with Crippen LogP contribution in [0.2, 0.25) is 0 Å². The Hall–Kier alpha value is -2.76. The molecule has 6 heteroatoms. The third kappa shape index (κ3) is 2.11. The number of aromatic amines is 1. The van der Waals surface area contributed by atoms with Crippen LogP contribution < -0.4 is 11.3 Å². The highest BCUT2D eigenvalue weighted by Gasteiger charge is 2.09. The minimum atomic E-state index is -0.453. The lowest BCUT2D eigenvalue weighted by atomic mass is 10.1. The van der Waals surface area contributed by atoms with E-state index in [1.54, 1.807) is 30.5 Å². The minimum absolute atomic E-state index is 0.0872. The summed E-state index contributed by atoms with van der Waals surface area (Å²) in [6.07, 6.45) is 2.01. The Morgan fingerprint density at radius 2 is 2.15 bits per heavy atom. The van der Waals surface area contributed by atoms with Crippen LogP contribution in [0.1, 0.15) is 11.3 Å². The molecule has 100 valence electrons. The van der Waals surface area contributed by atoms with Gasteiger partial charge in [0.05, 0.1) is 22.3 Å². The van der Waals surface area contributed by atoms with Crippen molar-refractivity contribution in [1.82, 2.24) is 15.2 Å². The maximum atomic E-state index is 13.1. The van der Waals surface area contributed by atoms with Gasteiger partial charge in [0.1, 0.15) is 5.82 Å². The Morgan fingerprint density at radius 1 is 1.30 bits per heavy atom. The normalized spacial score (nSPS) is 10.8. The molecular formula is C14H11FN4O. The predicted octanol–water partition coefficient (Wildman–Crippen LogP) is 1.63. The number of hydrogen-bond acceptors (Lipinski definition) is 4. The Morgan fingerprint density at radius 3 is 2.95 bits per heavy atom. The van der Waals surface area contributed by atoms with Crippen molar-refractivity contribution >= 4 is 16.6 Å². The van der Waals surface area contributed by atoms with Gasteiger partial charge in [-0.3, -0.25) is 9.78 Å². The maximum Gasteiger partial charge on any atom is 0.273 e. The first-order valence-corrected chi connectivity index (χ1v) is 6.01. The first-order valence-electron chi connectivity index (χ1n) is 6.01. The van der Waals surface area contributed by atoms with E-state index in [4.69, 9.17) is 5.73 Å². The van der Waals surface area contributed by atoms with E-state index in [1.165, 1.54) is 6.07 Å². The predicted molar refractivity (Wildman–Crippen MR) is 73.8 cm³/mol. The fraction of sp³-hybridized carbons (Fsp3) is 0.0714. The molecule has 0 unspecified atom stereocenters. The van der Waals surface area contributed by atoms with Crippen molar-refractivity contribution in [3.05, 3.63) is 64.0 Å². The average Bonchev–Trinajstić information content (AvgIpc) is 2.46. The van der Waals surface area contributed by atoms with Crippen LogP contribution in [0.4, 0.5) is 10.1 Å². The second-order valence-corrected chi connectivity index (χ2v) is 4.43. The van der Waals surface area contributed by atoms with E-state index in [2.05, 4.69) is 15.2 Å². The summed E-state index contributed by atoms with van der Waals surface area (Å²) in [4.78, 5) is 15.8. The highest BCUT2D eigenvalue weighted by atomic mass is 19.1. The molecule has 0 aliphatic heterocycles. The van der Waals surface area contributed by atoms with Crippen LogP contribution >= 0.6 is 0 Å². The molecule has 0 saturated heterocycles. The van der Waals surface area contributed by atoms with Gasteiger partial charge in [-0.15, -0.1) is 0 Å². The highest BCUT2D eigenvalue weighted by Crippen LogP contribution is 2.17. The molecule has 0 atom stereocenters. The first-order chi connectivity index (χ1) is 9.65. The molecule has 1 aromatic carbocycles. The van der Waals surface area contributed by atoms with Crippen LogP contribution in [0.3, 0.4) is 0 Å². The molecule has 0 bridgehead atoms. The smallest absolute Gasteiger partial charge is 0.273 e. The van der Waals surface area contributed by atoms with Crippen LogP contribution in [0.15, 0.2) is 41.3 Å². The quantitative estimate of drug-likeness (QED) is 0.693. The number of nitrogens with zero attached hydrogens (tertiary/aromatic N) is 2. The lowest BCUT2D eigenvalue weighted by molar-refractivity contribution is 0.632. The SMILES string of the molecule is Nc1cc(Cc2n[nH]c(=O)c3cccnc23)ccc1F. The van der Waals surface area contributed by atoms with Crippen LogP contribution in [0, 0.1) is 5.82 Å². The third-order valence-electron chi connectivity index (χ3n) is 3.05. The molecule has 2 heterocycles. The summed E-state index contributed by atoms with van der Waals surface area (Å²) >= 11 is 0. The summed E-state index contributed by atoms with van der Waals surface area (Å²) in [6, 6.07) is 7.87. The number of anilines is 1. The van der Waals surface area contributed by atoms with Gasteiger partial charge in [-0.05, 0) is 29.8 Å². The van der Waals surface area contributed by atoms with Crippen LogP contribution in [-0.2, 0) is 6.42 Å². The number of benzene rings is 1. The zero-order valence-corrected chi connectivity index (χ0v) is 10.4. The van der Waals surface area contributed by atoms with Crippen LogP contribution in [0.5, 0.6) is 0 Å². The summed E-state index contributed by atoms with van der Waals surface area (Å²) in [5.41, 5.74) is 7.31. The van der Waals surface area contributed by atoms with Crippen molar-refractivity contribution in [1.29, 1.82) is 0 Å². The monoisotopic (exact) mass is 270 g/mol. The Balaban J connectivity index is 2.09. The van der Waals surface area contributed by atoms with Gasteiger partial charge in [-0.25, -0.2) is 9.49 Å². The van der Waals surface area contributed by atoms with Crippen molar-refractivity contribution in [3.8, 4) is 0 Å². The van der Waals surface area contributed by atoms with Gasteiger partial charge < -0.3 is 5.73 Å². The summed E-state index contributed by atoms with van der Waals surface area (Å²) in [5, 5.41) is 6.94. The number of rotatable bonds is 2. The molecule has 20 heavy (non-hydrogen) atoms. The van der Waals surface area contributed by atoms with E-state index in [0.717, 1.165) is 5.56 Å². The number of nitrogens with one attached hydrogen (secondary N) is 1. The van der Waals surface area contributed by atoms with Gasteiger partial charge in [0, 0.05) is 12.6 Å². The number of aromatic nitrogens is 3. The molecular weight excluding hydrogens is 259 g/mol. The molecule has 3 aromatic rings. The van der Waals surface area contributed by atoms with E-state index in [0.29, 0.717) is 23.0 Å². The Bertz CT molecular complexity index is 844. The standard InChI is InChI=1S/C14H11FN4O/c15-10-4-3-8(6-11(10)16)7-12-13-9(2-1-5-17-13)14(20)19-18-12/h1-6H,7,16H2,(H,19,20). The second-order valence-electron chi connectivity index (χ2n) is 4.43. The molecule has 0 saturated carbocycles. The average molecular weight is 270 g/mol. The van der Waals surface area contributed by atoms with E-state index >= 15 is 0 Å². The fourth-order valence-electron chi connectivity index (χ4n) is 2.07. The van der Waals surface area contributed by atoms with Gasteiger partial charge in [0.25, 0.3) is 5.56 Å². The molecule has 0 spiro atoms. The van der Waals surface area contributed by atoms with E-state index in [9.17, 15) is 9.18 Å². The molecule has 3 N–H and O–H groups in total. The molecule has 0 radical (unpaired) electrons. The second kappa shape index (κ2) is 4.73. The molecule has 0 aliphatic rings. The van der Waals surface area contributed by atoms with E-state index in [1.807, 2.05) is 0 Å². The van der Waals surface area contributed by atoms with Crippen molar-refractivity contribution in [2.45, 2.75) is 6.42 Å². The number of pyridine rings is 1. The van der Waals surface area contributed by atoms with Crippen molar-refractivity contribution in [2.24, 2.45) is 0 Å². The van der Waals surface area contributed by atoms with E-state index in [-0.39, 0.29) is 11.2 Å². The van der Waals surface area contributed by atoms with Gasteiger partial charge in [-0.1, -0.05) is 6.07 Å². The van der Waals surface area contributed by atoms with Gasteiger partial charge in [0.15, 0.2) is 0 Å². The fourth-order valence-corrected chi connectivity index (χ4v) is 2.07. The van der Waals surface area contributed by atoms with Crippen molar-refractivity contribution in [3.63, 3.8) is 0 Å². The molecule has 2 aromatic heterocycles. The number of nitrogens with two attached hydrogens (primary N) is 1. The van der Waals surface area contributed by atoms with Crippen molar-refractivity contribution < 1.29 is 4.39 Å². The number of H-pyrrole nitrogens is 1. The molecule has 0 amide bonds. The maximum absolute atomic E-state index is 13.1. The van der Waals surface area contributed by atoms with Crippen LogP contribution in [0.25, 0.3) is 10.9 Å². The minimum Gasteiger partial charge on any atom is -0.396 e.